The Balaban J connectivity index is 1.71. The van der Waals surface area contributed by atoms with Gasteiger partial charge in [-0.05, 0) is 79.8 Å². The first kappa shape index (κ1) is 25.9. The summed E-state index contributed by atoms with van der Waals surface area (Å²) in [6.45, 7) is 2.02. The third kappa shape index (κ3) is 4.10. The number of nitrogens with zero attached hydrogens (tertiary/aromatic N) is 1. The Hall–Kier alpha value is -4.74. The SMILES string of the molecule is Cc1ccc2cc1c1c3sc4cc(ccc4c3c(C(F)(F)F)c[n+]1C)c1ccccc1c1cccc(c1)c1cccc2c1. The quantitative estimate of drug-likeness (QED) is 0.156. The van der Waals surface area contributed by atoms with E-state index in [4.69, 9.17) is 0 Å². The maximum atomic E-state index is 14.6. The summed E-state index contributed by atoms with van der Waals surface area (Å²) in [7, 11) is 1.72. The Labute approximate surface area is 249 Å². The van der Waals surface area contributed by atoms with Crippen LogP contribution in [0.4, 0.5) is 13.2 Å². The molecule has 9 bridgehead atoms. The summed E-state index contributed by atoms with van der Waals surface area (Å²) in [5.41, 5.74) is 1.19. The van der Waals surface area contributed by atoms with E-state index in [1.165, 1.54) is 17.5 Å². The second-order valence-electron chi connectivity index (χ2n) is 11.3. The van der Waals surface area contributed by atoms with Gasteiger partial charge >= 0.3 is 6.18 Å². The number of rotatable bonds is 0. The maximum Gasteiger partial charge on any atom is 0.422 e. The first-order chi connectivity index (χ1) is 20.8. The van der Waals surface area contributed by atoms with Crippen molar-refractivity contribution in [2.75, 3.05) is 0 Å². The second kappa shape index (κ2) is 9.38. The first-order valence-corrected chi connectivity index (χ1v) is 15.0. The van der Waals surface area contributed by atoms with Crippen molar-refractivity contribution < 1.29 is 17.7 Å². The molecular formula is C38H25F3NS+. The van der Waals surface area contributed by atoms with Gasteiger partial charge < -0.3 is 0 Å². The molecule has 8 rings (SSSR count). The average molecular weight is 585 g/mol. The van der Waals surface area contributed by atoms with Crippen LogP contribution >= 0.6 is 11.3 Å². The summed E-state index contributed by atoms with van der Waals surface area (Å²) < 4.78 is 46.9. The second-order valence-corrected chi connectivity index (χ2v) is 12.3. The van der Waals surface area contributed by atoms with Gasteiger partial charge in [0.1, 0.15) is 17.3 Å². The molecule has 43 heavy (non-hydrogen) atoms. The van der Waals surface area contributed by atoms with Gasteiger partial charge in [0.25, 0.3) is 0 Å². The number of hydrogen-bond donors (Lipinski definition) is 0. The highest BCUT2D eigenvalue weighted by Crippen LogP contribution is 2.44. The summed E-state index contributed by atoms with van der Waals surface area (Å²) in [5, 5.41) is 10.3. The molecule has 3 aromatic heterocycles. The molecule has 0 N–H and O–H groups in total. The largest absolute Gasteiger partial charge is 0.422 e. The van der Waals surface area contributed by atoms with Gasteiger partial charge in [-0.3, -0.25) is 0 Å². The van der Waals surface area contributed by atoms with Crippen LogP contribution in [0.1, 0.15) is 11.1 Å². The molecular weight excluding hydrogens is 559 g/mol. The minimum absolute atomic E-state index is 0.265. The highest BCUT2D eigenvalue weighted by molar-refractivity contribution is 7.26. The van der Waals surface area contributed by atoms with E-state index in [0.717, 1.165) is 64.3 Å². The lowest BCUT2D eigenvalue weighted by Gasteiger charge is -2.09. The normalized spacial score (nSPS) is 12.3. The summed E-state index contributed by atoms with van der Waals surface area (Å²) in [6.07, 6.45) is -3.24. The minimum atomic E-state index is -4.49. The van der Waals surface area contributed by atoms with Crippen molar-refractivity contribution in [1.82, 2.24) is 0 Å². The summed E-state index contributed by atoms with van der Waals surface area (Å²) in [4.78, 5) is 0. The number of thiophene rings is 1. The Morgan fingerprint density at radius 2 is 1.16 bits per heavy atom. The number of fused-ring (bicyclic) bond motifs is 14. The van der Waals surface area contributed by atoms with Gasteiger partial charge in [0.05, 0.1) is 5.39 Å². The molecule has 5 heteroatoms. The minimum Gasteiger partial charge on any atom is -0.199 e. The molecule has 0 aliphatic rings. The molecule has 0 spiro atoms. The Bertz CT molecular complexity index is 2520. The lowest BCUT2D eigenvalue weighted by molar-refractivity contribution is -0.644. The predicted octanol–water partition coefficient (Wildman–Crippen LogP) is 11.1. The number of benzene rings is 5. The molecule has 0 saturated carbocycles. The van der Waals surface area contributed by atoms with Gasteiger partial charge in [0, 0.05) is 15.5 Å². The van der Waals surface area contributed by atoms with E-state index in [-0.39, 0.29) is 5.39 Å². The van der Waals surface area contributed by atoms with Gasteiger partial charge in [-0.1, -0.05) is 84.9 Å². The van der Waals surface area contributed by atoms with Crippen molar-refractivity contribution in [1.29, 1.82) is 0 Å². The molecule has 0 unspecified atom stereocenters. The van der Waals surface area contributed by atoms with Gasteiger partial charge in [-0.2, -0.15) is 17.7 Å². The van der Waals surface area contributed by atoms with Gasteiger partial charge in [-0.25, -0.2) is 0 Å². The number of aryl methyl sites for hydroxylation is 2. The van der Waals surface area contributed by atoms with E-state index in [2.05, 4.69) is 84.9 Å². The Kier molecular flexibility index (Phi) is 5.66. The average Bonchev–Trinajstić information content (AvgIpc) is 3.39. The molecule has 0 amide bonds. The van der Waals surface area contributed by atoms with Crippen LogP contribution in [0.15, 0.2) is 115 Å². The van der Waals surface area contributed by atoms with Crippen LogP contribution in [0.3, 0.4) is 0 Å². The van der Waals surface area contributed by atoms with Crippen molar-refractivity contribution in [3.63, 3.8) is 0 Å². The topological polar surface area (TPSA) is 3.88 Å². The number of alkyl halides is 3. The first-order valence-electron chi connectivity index (χ1n) is 14.1. The molecule has 0 radical (unpaired) electrons. The lowest BCUT2D eigenvalue weighted by atomic mass is 10.00. The van der Waals surface area contributed by atoms with Crippen LogP contribution < -0.4 is 4.57 Å². The van der Waals surface area contributed by atoms with Crippen LogP contribution in [0, 0.1) is 6.92 Å². The number of hydrogen-bond acceptors (Lipinski definition) is 1. The molecule has 5 aromatic carbocycles. The zero-order valence-electron chi connectivity index (χ0n) is 23.5. The molecule has 0 fully saturated rings. The molecule has 0 saturated heterocycles. The van der Waals surface area contributed by atoms with Crippen LogP contribution in [0.2, 0.25) is 0 Å². The van der Waals surface area contributed by atoms with E-state index < -0.39 is 11.7 Å². The molecule has 8 aromatic rings. The van der Waals surface area contributed by atoms with Crippen molar-refractivity contribution >= 4 is 85.5 Å². The van der Waals surface area contributed by atoms with Crippen LogP contribution in [0.25, 0.3) is 74.2 Å². The molecule has 0 aliphatic heterocycles. The summed E-state index contributed by atoms with van der Waals surface area (Å²) in [6, 6.07) is 37.4. The monoisotopic (exact) mass is 584 g/mol. The zero-order chi connectivity index (χ0) is 29.5. The van der Waals surface area contributed by atoms with E-state index in [1.54, 1.807) is 11.6 Å². The van der Waals surface area contributed by atoms with Crippen LogP contribution in [0.5, 0.6) is 0 Å². The third-order valence-electron chi connectivity index (χ3n) is 8.59. The van der Waals surface area contributed by atoms with E-state index in [1.807, 2.05) is 31.2 Å². The van der Waals surface area contributed by atoms with Crippen molar-refractivity contribution in [3.05, 3.63) is 127 Å². The Morgan fingerprint density at radius 1 is 0.581 bits per heavy atom. The van der Waals surface area contributed by atoms with Gasteiger partial charge in [-0.15, -0.1) is 11.3 Å². The van der Waals surface area contributed by atoms with Gasteiger partial charge in [0.15, 0.2) is 6.20 Å². The lowest BCUT2D eigenvalue weighted by Crippen LogP contribution is -2.31. The summed E-state index contributed by atoms with van der Waals surface area (Å²) in [5.74, 6) is 0. The molecule has 1 nitrogen and oxygen atoms in total. The van der Waals surface area contributed by atoms with Crippen molar-refractivity contribution in [2.45, 2.75) is 13.1 Å². The third-order valence-corrected chi connectivity index (χ3v) is 9.75. The highest BCUT2D eigenvalue weighted by Gasteiger charge is 2.38. The smallest absolute Gasteiger partial charge is 0.199 e. The fraction of sp³-hybridized carbons (Fsp3) is 0.0789. The molecule has 0 atom stereocenters. The molecule has 3 heterocycles. The maximum absolute atomic E-state index is 14.6. The standard InChI is InChI=1S/C38H25F3NS/c1-22-13-14-26-19-32(22)36-37-35(33(21-42(36)2)38(39,40)41)31-16-15-28(20-34(31)43-37)30-12-4-3-11-29(30)27-10-6-9-25(18-27)23-7-5-8-24(26)17-23/h3-21H,1-2H3/q+1. The number of aromatic nitrogens is 1. The number of pyridine rings is 1. The van der Waals surface area contributed by atoms with E-state index in [9.17, 15) is 13.2 Å². The highest BCUT2D eigenvalue weighted by atomic mass is 32.1. The fourth-order valence-corrected chi connectivity index (χ4v) is 7.85. The van der Waals surface area contributed by atoms with Crippen molar-refractivity contribution in [2.24, 2.45) is 7.05 Å². The van der Waals surface area contributed by atoms with Crippen LogP contribution in [-0.4, -0.2) is 0 Å². The Morgan fingerprint density at radius 3 is 1.84 bits per heavy atom. The van der Waals surface area contributed by atoms with Crippen LogP contribution in [-0.2, 0) is 13.2 Å². The fourth-order valence-electron chi connectivity index (χ4n) is 6.50. The predicted molar refractivity (Wildman–Crippen MR) is 175 cm³/mol. The number of halogens is 3. The molecule has 0 aliphatic carbocycles. The molecule has 208 valence electrons. The van der Waals surface area contributed by atoms with Gasteiger partial charge in [0.2, 0.25) is 5.52 Å². The van der Waals surface area contributed by atoms with Crippen molar-refractivity contribution in [3.8, 4) is 0 Å². The van der Waals surface area contributed by atoms with E-state index >= 15 is 0 Å². The van der Waals surface area contributed by atoms with E-state index in [0.29, 0.717) is 10.1 Å². The zero-order valence-corrected chi connectivity index (χ0v) is 24.3. The summed E-state index contributed by atoms with van der Waals surface area (Å²) >= 11 is 1.44.